The van der Waals surface area contributed by atoms with Crippen LogP contribution >= 0.6 is 22.9 Å². The van der Waals surface area contributed by atoms with Crippen molar-refractivity contribution in [1.29, 1.82) is 0 Å². The number of carbonyl (C=O) groups is 1. The van der Waals surface area contributed by atoms with Gasteiger partial charge in [-0.1, -0.05) is 35.9 Å². The molecule has 0 fully saturated rings. The van der Waals surface area contributed by atoms with Gasteiger partial charge in [0.25, 0.3) is 5.91 Å². The lowest BCUT2D eigenvalue weighted by molar-refractivity contribution is 0.102. The minimum absolute atomic E-state index is 0.264. The summed E-state index contributed by atoms with van der Waals surface area (Å²) in [5.41, 5.74) is 6.36. The Morgan fingerprint density at radius 1 is 1.47 bits per heavy atom. The van der Waals surface area contributed by atoms with E-state index in [-0.39, 0.29) is 11.6 Å². The van der Waals surface area contributed by atoms with Gasteiger partial charge in [-0.15, -0.1) is 10.2 Å². The third-order valence-corrected chi connectivity index (χ3v) is 3.68. The molecule has 0 radical (unpaired) electrons. The smallest absolute Gasteiger partial charge is 0.259 e. The molecule has 100 valence electrons. The van der Waals surface area contributed by atoms with Gasteiger partial charge < -0.3 is 5.73 Å². The summed E-state index contributed by atoms with van der Waals surface area (Å²) in [6.45, 7) is 2.06. The number of nitrogen functional groups attached to an aromatic ring is 1. The van der Waals surface area contributed by atoms with Crippen LogP contribution in [0.25, 0.3) is 0 Å². The van der Waals surface area contributed by atoms with Gasteiger partial charge in [-0.3, -0.25) is 10.1 Å². The van der Waals surface area contributed by atoms with Gasteiger partial charge in [-0.25, -0.2) is 0 Å². The molecule has 0 atom stereocenters. The lowest BCUT2D eigenvalue weighted by atomic mass is 10.1. The monoisotopic (exact) mass is 296 g/mol. The topological polar surface area (TPSA) is 80.9 Å². The van der Waals surface area contributed by atoms with Crippen molar-refractivity contribution in [2.45, 2.75) is 19.8 Å². The molecule has 0 aliphatic carbocycles. The van der Waals surface area contributed by atoms with Crippen molar-refractivity contribution >= 4 is 39.7 Å². The second-order valence-corrected chi connectivity index (χ2v) is 5.38. The molecule has 5 nitrogen and oxygen atoms in total. The Hall–Kier alpha value is -1.66. The molecule has 0 spiro atoms. The Kier molecular flexibility index (Phi) is 4.34. The molecule has 1 amide bonds. The SMILES string of the molecule is CCCc1nnc(NC(=O)c2cccc(Cl)c2N)s1. The second-order valence-electron chi connectivity index (χ2n) is 3.91. The normalized spacial score (nSPS) is 10.4. The minimum atomic E-state index is -0.334. The Balaban J connectivity index is 2.14. The number of hydrogen-bond acceptors (Lipinski definition) is 5. The fourth-order valence-electron chi connectivity index (χ4n) is 1.52. The predicted molar refractivity (Wildman–Crippen MR) is 77.7 cm³/mol. The molecule has 3 N–H and O–H groups in total. The Morgan fingerprint density at radius 3 is 3.00 bits per heavy atom. The number of rotatable bonds is 4. The van der Waals surface area contributed by atoms with Crippen LogP contribution < -0.4 is 11.1 Å². The molecular weight excluding hydrogens is 284 g/mol. The maximum atomic E-state index is 12.0. The maximum Gasteiger partial charge on any atom is 0.259 e. The number of aryl methyl sites for hydroxylation is 1. The van der Waals surface area contributed by atoms with Crippen molar-refractivity contribution in [3.05, 3.63) is 33.8 Å². The van der Waals surface area contributed by atoms with Crippen LogP contribution in [-0.4, -0.2) is 16.1 Å². The van der Waals surface area contributed by atoms with Crippen molar-refractivity contribution < 1.29 is 4.79 Å². The number of halogens is 1. The number of benzene rings is 1. The van der Waals surface area contributed by atoms with E-state index >= 15 is 0 Å². The highest BCUT2D eigenvalue weighted by Crippen LogP contribution is 2.24. The number of aromatic nitrogens is 2. The first kappa shape index (κ1) is 13.8. The van der Waals surface area contributed by atoms with Gasteiger partial charge in [0, 0.05) is 6.42 Å². The summed E-state index contributed by atoms with van der Waals surface area (Å²) in [5, 5.41) is 12.3. The van der Waals surface area contributed by atoms with Gasteiger partial charge >= 0.3 is 0 Å². The summed E-state index contributed by atoms with van der Waals surface area (Å²) in [6.07, 6.45) is 1.84. The van der Waals surface area contributed by atoms with E-state index in [0.717, 1.165) is 17.8 Å². The van der Waals surface area contributed by atoms with Crippen LogP contribution in [0.3, 0.4) is 0 Å². The number of carbonyl (C=O) groups excluding carboxylic acids is 1. The molecule has 0 aliphatic heterocycles. The highest BCUT2D eigenvalue weighted by molar-refractivity contribution is 7.15. The minimum Gasteiger partial charge on any atom is -0.397 e. The van der Waals surface area contributed by atoms with Crippen molar-refractivity contribution in [3.63, 3.8) is 0 Å². The molecule has 0 bridgehead atoms. The molecule has 2 rings (SSSR count). The molecule has 0 saturated carbocycles. The third kappa shape index (κ3) is 3.21. The van der Waals surface area contributed by atoms with Gasteiger partial charge in [-0.2, -0.15) is 0 Å². The average Bonchev–Trinajstić information content (AvgIpc) is 2.80. The van der Waals surface area contributed by atoms with Gasteiger partial charge in [0.2, 0.25) is 5.13 Å². The van der Waals surface area contributed by atoms with Crippen molar-refractivity contribution in [1.82, 2.24) is 10.2 Å². The van der Waals surface area contributed by atoms with Crippen LogP contribution in [0.1, 0.15) is 28.7 Å². The first-order valence-electron chi connectivity index (χ1n) is 5.79. The van der Waals surface area contributed by atoms with Crippen molar-refractivity contribution in [2.24, 2.45) is 0 Å². The quantitative estimate of drug-likeness (QED) is 0.850. The summed E-state index contributed by atoms with van der Waals surface area (Å²) in [7, 11) is 0. The van der Waals surface area contributed by atoms with Crippen molar-refractivity contribution in [3.8, 4) is 0 Å². The number of nitrogens with zero attached hydrogens (tertiary/aromatic N) is 2. The van der Waals surface area contributed by atoms with Gasteiger partial charge in [0.05, 0.1) is 16.3 Å². The third-order valence-electron chi connectivity index (χ3n) is 2.45. The van der Waals surface area contributed by atoms with E-state index in [1.165, 1.54) is 11.3 Å². The van der Waals surface area contributed by atoms with Gasteiger partial charge in [0.1, 0.15) is 5.01 Å². The molecule has 19 heavy (non-hydrogen) atoms. The lowest BCUT2D eigenvalue weighted by Gasteiger charge is -2.05. The fourth-order valence-corrected chi connectivity index (χ4v) is 2.53. The first-order chi connectivity index (χ1) is 9.11. The van der Waals surface area contributed by atoms with Crippen molar-refractivity contribution in [2.75, 3.05) is 11.1 Å². The lowest BCUT2D eigenvalue weighted by Crippen LogP contribution is -2.14. The molecule has 0 saturated heterocycles. The fraction of sp³-hybridized carbons (Fsp3) is 0.250. The molecule has 1 aromatic carbocycles. The summed E-state index contributed by atoms with van der Waals surface area (Å²) in [6, 6.07) is 4.93. The highest BCUT2D eigenvalue weighted by atomic mass is 35.5. The van der Waals surface area contributed by atoms with Crippen LogP contribution in [0.5, 0.6) is 0 Å². The molecule has 1 aromatic heterocycles. The molecule has 2 aromatic rings. The Morgan fingerprint density at radius 2 is 2.26 bits per heavy atom. The van der Waals surface area contributed by atoms with Crippen LogP contribution in [0, 0.1) is 0 Å². The molecule has 1 heterocycles. The van der Waals surface area contributed by atoms with E-state index in [0.29, 0.717) is 15.7 Å². The second kappa shape index (κ2) is 5.99. The molecule has 0 aliphatic rings. The summed E-state index contributed by atoms with van der Waals surface area (Å²) in [4.78, 5) is 12.0. The summed E-state index contributed by atoms with van der Waals surface area (Å²) >= 11 is 7.24. The average molecular weight is 297 g/mol. The first-order valence-corrected chi connectivity index (χ1v) is 6.99. The number of anilines is 2. The number of hydrogen-bond donors (Lipinski definition) is 2. The summed E-state index contributed by atoms with van der Waals surface area (Å²) in [5.74, 6) is -0.334. The van der Waals surface area contributed by atoms with E-state index in [9.17, 15) is 4.79 Å². The molecule has 7 heteroatoms. The van der Waals surface area contributed by atoms with Crippen LogP contribution in [0.15, 0.2) is 18.2 Å². The zero-order valence-corrected chi connectivity index (χ0v) is 11.9. The van der Waals surface area contributed by atoms with E-state index < -0.39 is 0 Å². The van der Waals surface area contributed by atoms with Gasteiger partial charge in [0.15, 0.2) is 0 Å². The Labute approximate surface area is 119 Å². The maximum absolute atomic E-state index is 12.0. The highest BCUT2D eigenvalue weighted by Gasteiger charge is 2.14. The van der Waals surface area contributed by atoms with Crippen LogP contribution in [-0.2, 0) is 6.42 Å². The number of nitrogens with one attached hydrogen (secondary N) is 1. The van der Waals surface area contributed by atoms with E-state index in [1.807, 2.05) is 0 Å². The zero-order chi connectivity index (χ0) is 13.8. The largest absolute Gasteiger partial charge is 0.397 e. The predicted octanol–water partition coefficient (Wildman–Crippen LogP) is 2.98. The van der Waals surface area contributed by atoms with Crippen LogP contribution in [0.2, 0.25) is 5.02 Å². The zero-order valence-electron chi connectivity index (χ0n) is 10.3. The molecule has 0 unspecified atom stereocenters. The van der Waals surface area contributed by atoms with E-state index in [4.69, 9.17) is 17.3 Å². The van der Waals surface area contributed by atoms with Crippen LogP contribution in [0.4, 0.5) is 10.8 Å². The number of amides is 1. The van der Waals surface area contributed by atoms with E-state index in [1.54, 1.807) is 18.2 Å². The standard InChI is InChI=1S/C12H13ClN4OS/c1-2-4-9-16-17-12(19-9)15-11(18)7-5-3-6-8(13)10(7)14/h3,5-6H,2,4,14H2,1H3,(H,15,17,18). The number of nitrogens with two attached hydrogens (primary N) is 1. The van der Waals surface area contributed by atoms with E-state index in [2.05, 4.69) is 22.4 Å². The summed E-state index contributed by atoms with van der Waals surface area (Å²) < 4.78 is 0. The Bertz CT molecular complexity index is 599. The molecular formula is C12H13ClN4OS. The van der Waals surface area contributed by atoms with Gasteiger partial charge in [-0.05, 0) is 18.6 Å². The number of para-hydroxylation sites is 1.